The third-order valence-electron chi connectivity index (χ3n) is 11.5. The van der Waals surface area contributed by atoms with Gasteiger partial charge < -0.3 is 25.4 Å². The van der Waals surface area contributed by atoms with Crippen molar-refractivity contribution in [3.8, 4) is 5.75 Å². The Labute approximate surface area is 382 Å². The summed E-state index contributed by atoms with van der Waals surface area (Å²) in [6, 6.07) is 13.2. The molecule has 0 bridgehead atoms. The van der Waals surface area contributed by atoms with Crippen LogP contribution in [0.15, 0.2) is 78.2 Å². The van der Waals surface area contributed by atoms with Crippen LogP contribution < -0.4 is 26.8 Å². The summed E-state index contributed by atoms with van der Waals surface area (Å²) in [4.78, 5) is 57.8. The minimum atomic E-state index is -0.687. The average Bonchev–Trinajstić information content (AvgIpc) is 4.03. The predicted octanol–water partition coefficient (Wildman–Crippen LogP) is 7.20. The van der Waals surface area contributed by atoms with Gasteiger partial charge in [-0.25, -0.2) is 9.78 Å². The maximum atomic E-state index is 13.4. The van der Waals surface area contributed by atoms with Crippen molar-refractivity contribution in [2.45, 2.75) is 111 Å². The first-order valence-corrected chi connectivity index (χ1v) is 22.7. The Balaban J connectivity index is 0.000000770. The van der Waals surface area contributed by atoms with Crippen LogP contribution in [-0.4, -0.2) is 97.0 Å². The van der Waals surface area contributed by atoms with Crippen molar-refractivity contribution >= 4 is 51.1 Å². The molecule has 0 radical (unpaired) electrons. The minimum absolute atomic E-state index is 0.220. The number of benzene rings is 2. The van der Waals surface area contributed by atoms with Crippen molar-refractivity contribution in [3.05, 3.63) is 95.0 Å². The first-order chi connectivity index (χ1) is 31.6. The number of methoxy groups -OCH3 is 2. The Hall–Kier alpha value is -6.33. The molecule has 1 saturated carbocycles. The molecule has 17 nitrogen and oxygen atoms in total. The first-order valence-electron chi connectivity index (χ1n) is 22.7. The van der Waals surface area contributed by atoms with E-state index in [1.54, 1.807) is 59.6 Å². The van der Waals surface area contributed by atoms with Crippen molar-refractivity contribution < 1.29 is 23.9 Å². The third kappa shape index (κ3) is 12.1. The van der Waals surface area contributed by atoms with E-state index in [0.717, 1.165) is 79.0 Å². The zero-order valence-corrected chi connectivity index (χ0v) is 39.8. The number of piperidine rings is 1. The van der Waals surface area contributed by atoms with Crippen LogP contribution in [0.4, 0.5) is 5.82 Å². The molecule has 1 aliphatic carbocycles. The molecule has 352 valence electrons. The highest BCUT2D eigenvalue weighted by Gasteiger charge is 2.32. The van der Waals surface area contributed by atoms with Gasteiger partial charge in [-0.3, -0.25) is 33.5 Å². The van der Waals surface area contributed by atoms with E-state index >= 15 is 0 Å². The largest absolute Gasteiger partial charge is 0.505 e. The van der Waals surface area contributed by atoms with E-state index in [1.807, 2.05) is 77.2 Å². The number of nitrogens with zero attached hydrogens (tertiary/aromatic N) is 8. The first kappa shape index (κ1) is 51.3. The topological polar surface area (TPSA) is 198 Å². The third-order valence-corrected chi connectivity index (χ3v) is 11.5. The molecule has 0 spiro atoms. The van der Waals surface area contributed by atoms with Gasteiger partial charge in [-0.15, -0.1) is 0 Å². The fourth-order valence-corrected chi connectivity index (χ4v) is 8.41. The molecule has 6 aromatic rings. The summed E-state index contributed by atoms with van der Waals surface area (Å²) in [5.74, 6) is -0.112. The molecule has 1 unspecified atom stereocenters. The van der Waals surface area contributed by atoms with E-state index in [9.17, 15) is 19.2 Å². The Morgan fingerprint density at radius 1 is 1.00 bits per heavy atom. The summed E-state index contributed by atoms with van der Waals surface area (Å²) in [7, 11) is 8.64. The van der Waals surface area contributed by atoms with Crippen molar-refractivity contribution in [1.29, 1.82) is 0 Å². The van der Waals surface area contributed by atoms with Crippen LogP contribution in [0.25, 0.3) is 27.6 Å². The fourth-order valence-electron chi connectivity index (χ4n) is 8.41. The number of fused-ring (bicyclic) bond motifs is 3. The molecule has 3 amide bonds. The molecule has 65 heavy (non-hydrogen) atoms. The van der Waals surface area contributed by atoms with Gasteiger partial charge in [-0.1, -0.05) is 45.9 Å². The van der Waals surface area contributed by atoms with Crippen LogP contribution in [0.5, 0.6) is 5.75 Å². The second-order valence-electron chi connectivity index (χ2n) is 15.2. The number of unbranched alkanes of at least 4 members (excludes halogenated alkanes) is 1. The number of aromatic nitrogens is 7. The number of nitrogens with one attached hydrogen (secondary N) is 2. The number of amides is 3. The highest BCUT2D eigenvalue weighted by molar-refractivity contribution is 6.08. The van der Waals surface area contributed by atoms with Crippen molar-refractivity contribution in [3.63, 3.8) is 0 Å². The van der Waals surface area contributed by atoms with Gasteiger partial charge in [0, 0.05) is 43.4 Å². The number of carbonyl (C=O) groups excluding carboxylic acids is 3. The molecular formula is C48H69N11O6. The van der Waals surface area contributed by atoms with Crippen LogP contribution in [0.1, 0.15) is 114 Å². The zero-order chi connectivity index (χ0) is 47.6. The van der Waals surface area contributed by atoms with Crippen LogP contribution in [0.3, 0.4) is 0 Å². The lowest BCUT2D eigenvalue weighted by atomic mass is 9.90. The highest BCUT2D eigenvalue weighted by atomic mass is 16.5. The molecule has 2 aromatic carbocycles. The molecule has 2 aliphatic rings. The Morgan fingerprint density at radius 2 is 1.74 bits per heavy atom. The van der Waals surface area contributed by atoms with E-state index in [0.29, 0.717) is 35.2 Å². The number of nitrogens with two attached hydrogens (primary N) is 1. The monoisotopic (exact) mass is 896 g/mol. The molecular weight excluding hydrogens is 827 g/mol. The highest BCUT2D eigenvalue weighted by Crippen LogP contribution is 2.33. The summed E-state index contributed by atoms with van der Waals surface area (Å²) in [5.41, 5.74) is 8.76. The summed E-state index contributed by atoms with van der Waals surface area (Å²) >= 11 is 0. The maximum Gasteiger partial charge on any atom is 0.329 e. The maximum absolute atomic E-state index is 13.4. The van der Waals surface area contributed by atoms with Crippen LogP contribution in [0, 0.1) is 0 Å². The Bertz CT molecular complexity index is 2560. The van der Waals surface area contributed by atoms with Gasteiger partial charge in [0.15, 0.2) is 11.5 Å². The second-order valence-corrected chi connectivity index (χ2v) is 15.2. The van der Waals surface area contributed by atoms with Crippen LogP contribution >= 0.6 is 0 Å². The lowest BCUT2D eigenvalue weighted by Crippen LogP contribution is -2.44. The van der Waals surface area contributed by atoms with Crippen LogP contribution in [-0.2, 0) is 27.8 Å². The predicted molar refractivity (Wildman–Crippen MR) is 257 cm³/mol. The van der Waals surface area contributed by atoms with Crippen molar-refractivity contribution in [2.24, 2.45) is 12.8 Å². The number of ether oxygens (including phenoxy) is 2. The van der Waals surface area contributed by atoms with E-state index in [2.05, 4.69) is 53.9 Å². The molecule has 17 heteroatoms. The fraction of sp³-hybridized carbons (Fsp3) is 0.479. The van der Waals surface area contributed by atoms with Gasteiger partial charge >= 0.3 is 5.69 Å². The van der Waals surface area contributed by atoms with Crippen molar-refractivity contribution in [1.82, 2.24) is 43.7 Å². The van der Waals surface area contributed by atoms with Gasteiger partial charge in [0.25, 0.3) is 5.91 Å². The number of allylic oxidation sites excluding steroid dienone is 1. The minimum Gasteiger partial charge on any atom is -0.505 e. The molecule has 5 heterocycles. The molecule has 4 N–H and O–H groups in total. The number of carbonyl (C=O) groups is 3. The summed E-state index contributed by atoms with van der Waals surface area (Å²) in [6.07, 6.45) is 16.2. The second kappa shape index (κ2) is 25.2. The van der Waals surface area contributed by atoms with Crippen molar-refractivity contribution in [2.75, 3.05) is 40.2 Å². The SMILES string of the molecule is C/C=C/OC.CC.CC.CN.COc1cc2nn(C3CCC(N(C)CCCCc4cccc5c4n(C)c(=O)n5C4CCC(=O)NC4=O)CC3)cc2cc1C(=O)Nc1cnc2cccnn12. The quantitative estimate of drug-likeness (QED) is 0.0638. The van der Waals surface area contributed by atoms with E-state index in [-0.39, 0.29) is 30.0 Å². The number of para-hydroxylation sites is 1. The molecule has 2 fully saturated rings. The van der Waals surface area contributed by atoms with Gasteiger partial charge in [0.2, 0.25) is 11.8 Å². The molecule has 8 rings (SSSR count). The number of imide groups is 1. The van der Waals surface area contributed by atoms with E-state index in [4.69, 9.17) is 9.84 Å². The number of hydrogen-bond donors (Lipinski definition) is 3. The summed E-state index contributed by atoms with van der Waals surface area (Å²) < 4.78 is 16.9. The number of aryl methyl sites for hydroxylation is 2. The lowest BCUT2D eigenvalue weighted by Gasteiger charge is -2.34. The molecule has 1 aliphatic heterocycles. The number of anilines is 1. The smallest absolute Gasteiger partial charge is 0.329 e. The lowest BCUT2D eigenvalue weighted by molar-refractivity contribution is -0.135. The number of rotatable bonds is 12. The van der Waals surface area contributed by atoms with Crippen LogP contribution in [0.2, 0.25) is 0 Å². The zero-order valence-electron chi connectivity index (χ0n) is 39.8. The van der Waals surface area contributed by atoms with E-state index in [1.165, 1.54) is 7.05 Å². The summed E-state index contributed by atoms with van der Waals surface area (Å²) in [5, 5.41) is 15.3. The molecule has 4 aromatic heterocycles. The Kier molecular flexibility index (Phi) is 19.9. The van der Waals surface area contributed by atoms with Gasteiger partial charge in [-0.2, -0.15) is 14.7 Å². The Morgan fingerprint density at radius 3 is 2.40 bits per heavy atom. The standard InChI is InChI=1S/C39H44N10O5.C4H8O.2C2H6.CH5N/c1-45(19-5-4-8-24-9-6-10-30-36(24)46(2)39(53)48(30)31-16-17-35(50)43-38(31)52)26-12-14-27(15-13-26)47-23-25-20-28(32(54-3)21-29(25)44-47)37(51)42-34-22-40-33-11-7-18-41-49(33)34;1-3-4-5-2;3*1-2/h6-7,9-11,18,20-23,26-27,31H,4-5,8,12-17,19H2,1-3H3,(H,42,51)(H,43,50,52);3-4H,1-2H3;2*1-2H3;2H2,1H3/b;4-3+;;;. The normalized spacial score (nSPS) is 17.0. The van der Waals surface area contributed by atoms with Gasteiger partial charge in [-0.05, 0) is 109 Å². The number of hydrogen-bond acceptors (Lipinski definition) is 11. The van der Waals surface area contributed by atoms with Gasteiger partial charge in [0.05, 0.1) is 54.8 Å². The van der Waals surface area contributed by atoms with Gasteiger partial charge in [0.1, 0.15) is 11.8 Å². The van der Waals surface area contributed by atoms with E-state index < -0.39 is 11.9 Å². The molecule has 1 atom stereocenters. The number of imidazole rings is 2. The molecule has 1 saturated heterocycles. The average molecular weight is 896 g/mol. The summed E-state index contributed by atoms with van der Waals surface area (Å²) in [6.45, 7) is 10.9.